The monoisotopic (exact) mass is 131 g/mol. The van der Waals surface area contributed by atoms with E-state index < -0.39 is 6.61 Å². The molecule has 4 nitrogen and oxygen atoms in total. The Balaban J connectivity index is 2.32. The lowest BCUT2D eigenvalue weighted by atomic mass is 10.5. The second-order valence-electron chi connectivity index (χ2n) is 1.84. The summed E-state index contributed by atoms with van der Waals surface area (Å²) in [5.74, 6) is -0.354. The highest BCUT2D eigenvalue weighted by Crippen LogP contribution is 2.02. The summed E-state index contributed by atoms with van der Waals surface area (Å²) in [4.78, 5) is 15.4. The third-order valence-corrected chi connectivity index (χ3v) is 1.17. The quantitative estimate of drug-likeness (QED) is 0.504. The minimum atomic E-state index is -0.458. The van der Waals surface area contributed by atoms with Gasteiger partial charge in [0.25, 0.3) is 5.91 Å². The fraction of sp³-hybridized carbons (Fsp3) is 0.800. The average molecular weight is 131 g/mol. The highest BCUT2D eigenvalue weighted by Gasteiger charge is 2.17. The van der Waals surface area contributed by atoms with Crippen LogP contribution in [-0.4, -0.2) is 35.8 Å². The van der Waals surface area contributed by atoms with Crippen molar-refractivity contribution >= 4 is 5.91 Å². The third-order valence-electron chi connectivity index (χ3n) is 1.17. The van der Waals surface area contributed by atoms with Crippen LogP contribution in [0.4, 0.5) is 0 Å². The molecule has 0 spiro atoms. The summed E-state index contributed by atoms with van der Waals surface area (Å²) in [6.45, 7) is 0.741. The van der Waals surface area contributed by atoms with Crippen LogP contribution in [0.15, 0.2) is 0 Å². The van der Waals surface area contributed by atoms with Crippen molar-refractivity contribution in [3.63, 3.8) is 0 Å². The first-order chi connectivity index (χ1) is 4.34. The van der Waals surface area contributed by atoms with Crippen molar-refractivity contribution in [2.24, 2.45) is 0 Å². The number of hydrogen-bond donors (Lipinski definition) is 1. The number of aliphatic hydroxyl groups excluding tert-OH is 1. The van der Waals surface area contributed by atoms with Crippen molar-refractivity contribution in [2.45, 2.75) is 6.42 Å². The maximum Gasteiger partial charge on any atom is 0.271 e. The molecule has 0 aromatic heterocycles. The predicted molar refractivity (Wildman–Crippen MR) is 29.4 cm³/mol. The summed E-state index contributed by atoms with van der Waals surface area (Å²) in [7, 11) is 0. The van der Waals surface area contributed by atoms with E-state index in [-0.39, 0.29) is 5.91 Å². The first-order valence-electron chi connectivity index (χ1n) is 2.88. The minimum Gasteiger partial charge on any atom is -0.386 e. The van der Waals surface area contributed by atoms with E-state index >= 15 is 0 Å². The first kappa shape index (κ1) is 6.51. The lowest BCUT2D eigenvalue weighted by Crippen LogP contribution is -2.28. The van der Waals surface area contributed by atoms with Gasteiger partial charge >= 0.3 is 0 Å². The fourth-order valence-electron chi connectivity index (χ4n) is 0.723. The average Bonchev–Trinajstić information content (AvgIpc) is 2.37. The maximum absolute atomic E-state index is 10.6. The van der Waals surface area contributed by atoms with Crippen LogP contribution in [0.2, 0.25) is 0 Å². The smallest absolute Gasteiger partial charge is 0.271 e. The molecule has 1 aliphatic heterocycles. The van der Waals surface area contributed by atoms with Crippen LogP contribution in [0.25, 0.3) is 0 Å². The zero-order valence-electron chi connectivity index (χ0n) is 5.04. The van der Waals surface area contributed by atoms with Crippen molar-refractivity contribution in [3.05, 3.63) is 0 Å². The van der Waals surface area contributed by atoms with Gasteiger partial charge in [-0.1, -0.05) is 0 Å². The molecular formula is C5H9NO3. The summed E-state index contributed by atoms with van der Waals surface area (Å²) >= 11 is 0. The standard InChI is InChI=1S/C5H9NO3/c7-4-5(8)6-2-1-3-9-6/h7H,1-4H2. The zero-order valence-corrected chi connectivity index (χ0v) is 5.04. The molecule has 0 unspecified atom stereocenters. The topological polar surface area (TPSA) is 49.8 Å². The lowest BCUT2D eigenvalue weighted by molar-refractivity contribution is -0.171. The van der Waals surface area contributed by atoms with Crippen LogP contribution in [0.1, 0.15) is 6.42 Å². The number of aliphatic hydroxyl groups is 1. The molecule has 52 valence electrons. The number of amides is 1. The molecule has 9 heavy (non-hydrogen) atoms. The Morgan fingerprint density at radius 3 is 3.00 bits per heavy atom. The molecule has 0 aromatic carbocycles. The number of hydroxylamine groups is 2. The number of hydrogen-bond acceptors (Lipinski definition) is 3. The molecule has 0 bridgehead atoms. The van der Waals surface area contributed by atoms with Gasteiger partial charge in [0.1, 0.15) is 6.61 Å². The van der Waals surface area contributed by atoms with Crippen LogP contribution >= 0.6 is 0 Å². The summed E-state index contributed by atoms with van der Waals surface area (Å²) in [5, 5.41) is 9.52. The Labute approximate surface area is 53.0 Å². The molecule has 0 atom stereocenters. The Hall–Kier alpha value is -0.610. The Kier molecular flexibility index (Phi) is 2.02. The molecule has 4 heteroatoms. The minimum absolute atomic E-state index is 0.354. The molecule has 1 heterocycles. The van der Waals surface area contributed by atoms with Crippen molar-refractivity contribution in [2.75, 3.05) is 19.8 Å². The van der Waals surface area contributed by atoms with E-state index in [9.17, 15) is 4.79 Å². The van der Waals surface area contributed by atoms with E-state index in [0.717, 1.165) is 6.42 Å². The molecule has 1 N–H and O–H groups in total. The SMILES string of the molecule is O=C(CO)N1CCCO1. The zero-order chi connectivity index (χ0) is 6.69. The van der Waals surface area contributed by atoms with Gasteiger partial charge in [-0.25, -0.2) is 5.06 Å². The molecule has 1 rings (SSSR count). The predicted octanol–water partition coefficient (Wildman–Crippen LogP) is -0.857. The molecule has 0 radical (unpaired) electrons. The summed E-state index contributed by atoms with van der Waals surface area (Å²) < 4.78 is 0. The molecule has 1 amide bonds. The first-order valence-corrected chi connectivity index (χ1v) is 2.88. The number of carbonyl (C=O) groups excluding carboxylic acids is 1. The molecule has 0 aliphatic carbocycles. The van der Waals surface area contributed by atoms with Gasteiger partial charge in [-0.3, -0.25) is 9.63 Å². The molecule has 0 saturated carbocycles. The second kappa shape index (κ2) is 2.80. The number of nitrogens with zero attached hydrogens (tertiary/aromatic N) is 1. The van der Waals surface area contributed by atoms with E-state index in [2.05, 4.69) is 0 Å². The fourth-order valence-corrected chi connectivity index (χ4v) is 0.723. The van der Waals surface area contributed by atoms with Crippen LogP contribution in [0, 0.1) is 0 Å². The second-order valence-corrected chi connectivity index (χ2v) is 1.84. The lowest BCUT2D eigenvalue weighted by Gasteiger charge is -2.10. The van der Waals surface area contributed by atoms with Crippen LogP contribution in [0.3, 0.4) is 0 Å². The Morgan fingerprint density at radius 1 is 1.78 bits per heavy atom. The van der Waals surface area contributed by atoms with Crippen LogP contribution < -0.4 is 0 Å². The van der Waals surface area contributed by atoms with Gasteiger partial charge in [-0.05, 0) is 6.42 Å². The Morgan fingerprint density at radius 2 is 2.56 bits per heavy atom. The van der Waals surface area contributed by atoms with Gasteiger partial charge in [-0.2, -0.15) is 0 Å². The summed E-state index contributed by atoms with van der Waals surface area (Å²) in [6.07, 6.45) is 0.867. The van der Waals surface area contributed by atoms with Crippen LogP contribution in [0.5, 0.6) is 0 Å². The highest BCUT2D eigenvalue weighted by molar-refractivity contribution is 5.76. The van der Waals surface area contributed by atoms with Crippen molar-refractivity contribution in [1.29, 1.82) is 0 Å². The van der Waals surface area contributed by atoms with Crippen LogP contribution in [-0.2, 0) is 9.63 Å². The maximum atomic E-state index is 10.6. The van der Waals surface area contributed by atoms with E-state index in [0.29, 0.717) is 13.2 Å². The third kappa shape index (κ3) is 1.40. The normalized spacial score (nSPS) is 18.6. The van der Waals surface area contributed by atoms with Gasteiger partial charge in [0, 0.05) is 0 Å². The highest BCUT2D eigenvalue weighted by atomic mass is 16.7. The number of carbonyl (C=O) groups is 1. The molecule has 0 aromatic rings. The van der Waals surface area contributed by atoms with Gasteiger partial charge in [0.05, 0.1) is 13.2 Å². The van der Waals surface area contributed by atoms with Gasteiger partial charge < -0.3 is 5.11 Å². The van der Waals surface area contributed by atoms with Crippen molar-refractivity contribution in [3.8, 4) is 0 Å². The molecule has 1 saturated heterocycles. The molecular weight excluding hydrogens is 122 g/mol. The Bertz CT molecular complexity index is 109. The van der Waals surface area contributed by atoms with Gasteiger partial charge in [0.15, 0.2) is 0 Å². The van der Waals surface area contributed by atoms with E-state index in [1.54, 1.807) is 0 Å². The molecule has 1 aliphatic rings. The number of rotatable bonds is 1. The summed E-state index contributed by atoms with van der Waals surface area (Å²) in [5.41, 5.74) is 0. The van der Waals surface area contributed by atoms with Gasteiger partial charge in [0.2, 0.25) is 0 Å². The van der Waals surface area contributed by atoms with E-state index in [1.165, 1.54) is 5.06 Å². The van der Waals surface area contributed by atoms with E-state index in [4.69, 9.17) is 9.94 Å². The van der Waals surface area contributed by atoms with Crippen molar-refractivity contribution in [1.82, 2.24) is 5.06 Å². The van der Waals surface area contributed by atoms with E-state index in [1.807, 2.05) is 0 Å². The largest absolute Gasteiger partial charge is 0.386 e. The summed E-state index contributed by atoms with van der Waals surface area (Å²) in [6, 6.07) is 0. The van der Waals surface area contributed by atoms with Crippen molar-refractivity contribution < 1.29 is 14.7 Å². The molecule has 1 fully saturated rings. The van der Waals surface area contributed by atoms with Gasteiger partial charge in [-0.15, -0.1) is 0 Å².